The summed E-state index contributed by atoms with van der Waals surface area (Å²) in [6.45, 7) is 0.201. The van der Waals surface area contributed by atoms with Crippen LogP contribution in [0.4, 0.5) is 0 Å². The fourth-order valence-corrected chi connectivity index (χ4v) is 8.61. The van der Waals surface area contributed by atoms with Crippen molar-refractivity contribution in [2.75, 3.05) is 5.33 Å². The van der Waals surface area contributed by atoms with Crippen LogP contribution in [-0.4, -0.2) is 12.0 Å². The van der Waals surface area contributed by atoms with E-state index in [1.54, 1.807) is 0 Å². The Hall–Kier alpha value is 1.28. The van der Waals surface area contributed by atoms with Crippen molar-refractivity contribution in [3.63, 3.8) is 0 Å². The smallest absolute Gasteiger partial charge is 0.146 e. The minimum absolute atomic E-state index is 1.06. The zero-order valence-corrected chi connectivity index (χ0v) is 33.6. The highest BCUT2D eigenvalue weighted by molar-refractivity contribution is 9.09. The van der Waals surface area contributed by atoms with E-state index in [0.717, 1.165) is 6.04 Å². The molecule has 4 heteroatoms. The van der Waals surface area contributed by atoms with Gasteiger partial charge in [0.15, 0.2) is 0 Å². The summed E-state index contributed by atoms with van der Waals surface area (Å²) in [7, 11) is 0. The van der Waals surface area contributed by atoms with Crippen LogP contribution < -0.4 is 0 Å². The Morgan fingerprint density at radius 2 is 0.419 bits per heavy atom. The fraction of sp³-hybridized carbons (Fsp3) is 1.00. The van der Waals surface area contributed by atoms with Gasteiger partial charge >= 0.3 is 0 Å². The van der Waals surface area contributed by atoms with Crippen molar-refractivity contribution in [3.05, 3.63) is 0 Å². The third-order valence-corrected chi connectivity index (χ3v) is 12.4. The number of halogens is 3. The highest BCUT2D eigenvalue weighted by Gasteiger charge is 2.19. The molecule has 0 N–H and O–H groups in total. The predicted molar refractivity (Wildman–Crippen MR) is 208 cm³/mol. The van der Waals surface area contributed by atoms with Gasteiger partial charge in [0.2, 0.25) is 6.69 Å². The van der Waals surface area contributed by atoms with E-state index in [4.69, 9.17) is 22.2 Å². The van der Waals surface area contributed by atoms with Crippen molar-refractivity contribution < 1.29 is 0 Å². The van der Waals surface area contributed by atoms with Gasteiger partial charge in [-0.15, -0.1) is 22.2 Å². The largest absolute Gasteiger partial charge is 0.248 e. The summed E-state index contributed by atoms with van der Waals surface area (Å²) in [6.07, 6.45) is 52.4. The van der Waals surface area contributed by atoms with Crippen LogP contribution >= 0.6 is 38.1 Å². The first-order valence-corrected chi connectivity index (χ1v) is 25.9. The van der Waals surface area contributed by atoms with Crippen molar-refractivity contribution >= 4 is 44.8 Å². The molecule has 43 heavy (non-hydrogen) atoms. The van der Waals surface area contributed by atoms with Gasteiger partial charge in [0.05, 0.1) is 0 Å². The summed E-state index contributed by atoms with van der Waals surface area (Å²) in [5.74, 6) is 0. The van der Waals surface area contributed by atoms with Crippen LogP contribution in [0.5, 0.6) is 0 Å². The second-order valence-corrected chi connectivity index (χ2v) is 23.3. The average Bonchev–Trinajstić information content (AvgIpc) is 2.98. The summed E-state index contributed by atoms with van der Waals surface area (Å²) in [6, 6.07) is 1.06. The average molecular weight is 727 g/mol. The lowest BCUT2D eigenvalue weighted by Gasteiger charge is -2.09. The van der Waals surface area contributed by atoms with E-state index < -0.39 is 6.69 Å². The van der Waals surface area contributed by atoms with Crippen LogP contribution in [0, 0.1) is 0 Å². The van der Waals surface area contributed by atoms with E-state index in [-0.39, 0.29) is 0 Å². The van der Waals surface area contributed by atoms with Crippen molar-refractivity contribution in [2.45, 2.75) is 244 Å². The first-order valence-electron chi connectivity index (χ1n) is 20.0. The Balaban J connectivity index is 3.05. The number of alkyl halides is 1. The Labute approximate surface area is 292 Å². The van der Waals surface area contributed by atoms with Gasteiger partial charge in [-0.3, -0.25) is 0 Å². The predicted octanol–water partition coefficient (Wildman–Crippen LogP) is 17.0. The second kappa shape index (κ2) is 37.7. The van der Waals surface area contributed by atoms with Crippen molar-refractivity contribution in [1.82, 2.24) is 0 Å². The second-order valence-electron chi connectivity index (χ2n) is 14.2. The minimum Gasteiger partial charge on any atom is -0.146 e. The third-order valence-electron chi connectivity index (χ3n) is 9.50. The molecule has 0 heterocycles. The van der Waals surface area contributed by atoms with Gasteiger partial charge in [-0.1, -0.05) is 241 Å². The molecule has 260 valence electrons. The molecule has 0 nitrogen and oxygen atoms in total. The zero-order chi connectivity index (χ0) is 31.4. The maximum atomic E-state index is 6.17. The molecular weight excluding hydrogens is 647 g/mol. The standard InChI is InChI=1S/C39H79BrCl2Si/c1-43(41,42)39-37-35-33-31-29-27-25-23-21-19-17-15-13-11-9-7-5-3-2-4-6-8-10-12-14-16-18-20-22-24-26-28-30-32-34-36-38-40/h2-39H2,1H3. The van der Waals surface area contributed by atoms with E-state index in [9.17, 15) is 0 Å². The first kappa shape index (κ1) is 44.3. The number of unbranched alkanes of at least 4 members (excludes halogenated alkanes) is 35. The van der Waals surface area contributed by atoms with Crippen LogP contribution in [0.3, 0.4) is 0 Å². The number of hydrogen-bond acceptors (Lipinski definition) is 0. The number of rotatable bonds is 38. The molecule has 0 unspecified atom stereocenters. The van der Waals surface area contributed by atoms with Gasteiger partial charge in [0, 0.05) is 5.33 Å². The monoisotopic (exact) mass is 724 g/mol. The maximum absolute atomic E-state index is 6.17. The molecule has 0 amide bonds. The maximum Gasteiger partial charge on any atom is 0.248 e. The van der Waals surface area contributed by atoms with E-state index >= 15 is 0 Å². The quantitative estimate of drug-likeness (QED) is 0.0257. The molecule has 0 saturated carbocycles. The van der Waals surface area contributed by atoms with Gasteiger partial charge in [-0.25, -0.2) is 0 Å². The Bertz CT molecular complexity index is 496. The van der Waals surface area contributed by atoms with Gasteiger partial charge in [-0.05, 0) is 19.0 Å². The molecule has 0 fully saturated rings. The molecule has 0 aromatic rings. The summed E-state index contributed by atoms with van der Waals surface area (Å²) < 4.78 is 0. The molecule has 0 aliphatic carbocycles. The summed E-state index contributed by atoms with van der Waals surface area (Å²) in [5, 5.41) is 1.18. The van der Waals surface area contributed by atoms with Gasteiger partial charge in [0.1, 0.15) is 0 Å². The molecule has 0 aliphatic rings. The lowest BCUT2D eigenvalue weighted by atomic mass is 10.0. The third kappa shape index (κ3) is 43.3. The van der Waals surface area contributed by atoms with Crippen LogP contribution in [0.15, 0.2) is 0 Å². The molecule has 0 rings (SSSR count). The van der Waals surface area contributed by atoms with E-state index in [1.807, 2.05) is 6.55 Å². The lowest BCUT2D eigenvalue weighted by Crippen LogP contribution is -2.11. The van der Waals surface area contributed by atoms with Gasteiger partial charge < -0.3 is 0 Å². The summed E-state index contributed by atoms with van der Waals surface area (Å²) in [4.78, 5) is 0. The normalized spacial score (nSPS) is 12.0. The van der Waals surface area contributed by atoms with Crippen LogP contribution in [-0.2, 0) is 0 Å². The SMILES string of the molecule is C[Si](Cl)(Cl)CCCCCCCCCCCCCCCCCCCCCCCCCCCCCCCCCCCCCCBr. The first-order chi connectivity index (χ1) is 21.1. The Morgan fingerprint density at radius 3 is 0.558 bits per heavy atom. The Kier molecular flexibility index (Phi) is 38.9. The lowest BCUT2D eigenvalue weighted by molar-refractivity contribution is 0.511. The van der Waals surface area contributed by atoms with Crippen LogP contribution in [0.1, 0.15) is 231 Å². The molecule has 0 saturated heterocycles. The number of hydrogen-bond donors (Lipinski definition) is 0. The minimum atomic E-state index is -1.84. The topological polar surface area (TPSA) is 0 Å². The highest BCUT2D eigenvalue weighted by Crippen LogP contribution is 2.23. The zero-order valence-electron chi connectivity index (χ0n) is 29.5. The van der Waals surface area contributed by atoms with Crippen LogP contribution in [0.2, 0.25) is 12.6 Å². The molecule has 0 aliphatic heterocycles. The molecule has 0 spiro atoms. The summed E-state index contributed by atoms with van der Waals surface area (Å²) >= 11 is 15.9. The van der Waals surface area contributed by atoms with Gasteiger partial charge in [0.25, 0.3) is 0 Å². The van der Waals surface area contributed by atoms with Gasteiger partial charge in [-0.2, -0.15) is 0 Å². The van der Waals surface area contributed by atoms with E-state index in [0.29, 0.717) is 0 Å². The molecule has 0 atom stereocenters. The Morgan fingerprint density at radius 1 is 0.279 bits per heavy atom. The summed E-state index contributed by atoms with van der Waals surface area (Å²) in [5.41, 5.74) is 0. The molecule has 0 radical (unpaired) electrons. The molecule has 0 aromatic carbocycles. The fourth-order valence-electron chi connectivity index (χ4n) is 6.54. The molecule has 0 bridgehead atoms. The van der Waals surface area contributed by atoms with E-state index in [2.05, 4.69) is 15.9 Å². The van der Waals surface area contributed by atoms with Crippen LogP contribution in [0.25, 0.3) is 0 Å². The molecule has 0 aromatic heterocycles. The van der Waals surface area contributed by atoms with Crippen molar-refractivity contribution in [3.8, 4) is 0 Å². The van der Waals surface area contributed by atoms with Crippen molar-refractivity contribution in [2.24, 2.45) is 0 Å². The van der Waals surface area contributed by atoms with Crippen molar-refractivity contribution in [1.29, 1.82) is 0 Å². The molecular formula is C39H79BrCl2Si. The highest BCUT2D eigenvalue weighted by atomic mass is 79.9. The van der Waals surface area contributed by atoms with E-state index in [1.165, 1.54) is 236 Å².